The van der Waals surface area contributed by atoms with Gasteiger partial charge in [-0.05, 0) is 60.7 Å². The highest BCUT2D eigenvalue weighted by Crippen LogP contribution is 2.43. The molecule has 0 radical (unpaired) electrons. The fraction of sp³-hybridized carbons (Fsp3) is 0. The van der Waals surface area contributed by atoms with Crippen molar-refractivity contribution >= 4 is 21.8 Å². The molecule has 4 aromatic carbocycles. The van der Waals surface area contributed by atoms with Gasteiger partial charge in [-0.15, -0.1) is 0 Å². The van der Waals surface area contributed by atoms with Crippen molar-refractivity contribution in [2.24, 2.45) is 0 Å². The third kappa shape index (κ3) is 3.14. The van der Waals surface area contributed by atoms with E-state index in [4.69, 9.17) is 9.47 Å². The molecule has 0 N–H and O–H groups in total. The summed E-state index contributed by atoms with van der Waals surface area (Å²) in [4.78, 5) is 9.26. The van der Waals surface area contributed by atoms with Crippen LogP contribution in [0.15, 0.2) is 122 Å². The largest absolute Gasteiger partial charge is 0.457 e. The third-order valence-corrected chi connectivity index (χ3v) is 6.94. The summed E-state index contributed by atoms with van der Waals surface area (Å²) in [5.74, 6) is 4.63. The lowest BCUT2D eigenvalue weighted by Gasteiger charge is -2.11. The van der Waals surface area contributed by atoms with Crippen molar-refractivity contribution in [1.82, 2.24) is 19.1 Å². The molecule has 0 saturated carbocycles. The Kier molecular flexibility index (Phi) is 4.42. The third-order valence-electron chi connectivity index (χ3n) is 6.94. The SMILES string of the molecule is c1ccc(-n2c3ccccc3c3ccc(Oc4ccc5c(c4)-c4nccn4-c4ccccc4O5)cc32)nc1. The highest BCUT2D eigenvalue weighted by atomic mass is 16.5. The maximum absolute atomic E-state index is 6.42. The van der Waals surface area contributed by atoms with Crippen molar-refractivity contribution in [3.63, 3.8) is 0 Å². The van der Waals surface area contributed by atoms with Gasteiger partial charge in [-0.3, -0.25) is 9.13 Å². The first-order valence-corrected chi connectivity index (χ1v) is 12.4. The van der Waals surface area contributed by atoms with Crippen LogP contribution >= 0.6 is 0 Å². The van der Waals surface area contributed by atoms with E-state index in [2.05, 4.69) is 50.9 Å². The molecule has 0 atom stereocenters. The van der Waals surface area contributed by atoms with Gasteiger partial charge in [0.05, 0.1) is 22.3 Å². The molecular weight excluding hydrogens is 472 g/mol. The van der Waals surface area contributed by atoms with E-state index in [1.165, 1.54) is 5.39 Å². The Morgan fingerprint density at radius 1 is 0.632 bits per heavy atom. The number of hydrogen-bond acceptors (Lipinski definition) is 4. The second kappa shape index (κ2) is 8.08. The molecule has 6 nitrogen and oxygen atoms in total. The molecule has 4 heterocycles. The smallest absolute Gasteiger partial charge is 0.151 e. The number of ether oxygens (including phenoxy) is 2. The van der Waals surface area contributed by atoms with Gasteiger partial charge in [0, 0.05) is 35.4 Å². The van der Waals surface area contributed by atoms with E-state index in [0.29, 0.717) is 5.75 Å². The quantitative estimate of drug-likeness (QED) is 0.251. The molecule has 180 valence electrons. The second-order valence-corrected chi connectivity index (χ2v) is 9.17. The highest BCUT2D eigenvalue weighted by Gasteiger charge is 2.22. The maximum atomic E-state index is 6.42. The highest BCUT2D eigenvalue weighted by molar-refractivity contribution is 6.09. The molecule has 0 saturated heterocycles. The van der Waals surface area contributed by atoms with Gasteiger partial charge in [-0.1, -0.05) is 36.4 Å². The van der Waals surface area contributed by atoms with Crippen molar-refractivity contribution in [1.29, 1.82) is 0 Å². The van der Waals surface area contributed by atoms with Gasteiger partial charge in [-0.25, -0.2) is 9.97 Å². The van der Waals surface area contributed by atoms with E-state index >= 15 is 0 Å². The van der Waals surface area contributed by atoms with Crippen molar-refractivity contribution in [3.8, 4) is 45.9 Å². The van der Waals surface area contributed by atoms with E-state index in [-0.39, 0.29) is 0 Å². The molecule has 0 unspecified atom stereocenters. The van der Waals surface area contributed by atoms with Crippen molar-refractivity contribution in [3.05, 3.63) is 122 Å². The molecule has 38 heavy (non-hydrogen) atoms. The van der Waals surface area contributed by atoms with Crippen molar-refractivity contribution in [2.75, 3.05) is 0 Å². The first-order chi connectivity index (χ1) is 18.8. The summed E-state index contributed by atoms with van der Waals surface area (Å²) in [6.45, 7) is 0. The Morgan fingerprint density at radius 2 is 1.45 bits per heavy atom. The van der Waals surface area contributed by atoms with E-state index in [9.17, 15) is 0 Å². The predicted molar refractivity (Wildman–Crippen MR) is 148 cm³/mol. The van der Waals surface area contributed by atoms with Crippen LogP contribution in [-0.2, 0) is 0 Å². The minimum Gasteiger partial charge on any atom is -0.457 e. The molecule has 3 aromatic heterocycles. The second-order valence-electron chi connectivity index (χ2n) is 9.17. The van der Waals surface area contributed by atoms with Crippen LogP contribution in [0.4, 0.5) is 0 Å². The number of pyridine rings is 1. The lowest BCUT2D eigenvalue weighted by molar-refractivity contribution is 0.472. The molecule has 7 aromatic rings. The summed E-state index contributed by atoms with van der Waals surface area (Å²) in [7, 11) is 0. The molecular formula is C32H20N4O2. The van der Waals surface area contributed by atoms with Gasteiger partial charge in [0.15, 0.2) is 5.75 Å². The van der Waals surface area contributed by atoms with Crippen LogP contribution in [0.2, 0.25) is 0 Å². The first-order valence-electron chi connectivity index (χ1n) is 12.4. The first kappa shape index (κ1) is 20.8. The van der Waals surface area contributed by atoms with E-state index in [1.807, 2.05) is 83.7 Å². The van der Waals surface area contributed by atoms with Gasteiger partial charge in [-0.2, -0.15) is 0 Å². The summed E-state index contributed by atoms with van der Waals surface area (Å²) < 4.78 is 16.9. The Morgan fingerprint density at radius 3 is 2.39 bits per heavy atom. The van der Waals surface area contributed by atoms with Gasteiger partial charge >= 0.3 is 0 Å². The zero-order valence-corrected chi connectivity index (χ0v) is 20.2. The Balaban J connectivity index is 1.24. The maximum Gasteiger partial charge on any atom is 0.151 e. The van der Waals surface area contributed by atoms with Crippen LogP contribution in [0.5, 0.6) is 23.0 Å². The minimum atomic E-state index is 0.702. The number of benzene rings is 4. The Labute approximate surface area is 218 Å². The monoisotopic (exact) mass is 492 g/mol. The summed E-state index contributed by atoms with van der Waals surface area (Å²) in [5, 5.41) is 2.32. The Bertz CT molecular complexity index is 1990. The van der Waals surface area contributed by atoms with Gasteiger partial charge in [0.1, 0.15) is 28.9 Å². The topological polar surface area (TPSA) is 54.1 Å². The summed E-state index contributed by atoms with van der Waals surface area (Å²) in [6.07, 6.45) is 5.57. The van der Waals surface area contributed by atoms with Crippen LogP contribution < -0.4 is 9.47 Å². The number of rotatable bonds is 3. The van der Waals surface area contributed by atoms with Crippen molar-refractivity contribution in [2.45, 2.75) is 0 Å². The van der Waals surface area contributed by atoms with Gasteiger partial charge < -0.3 is 9.47 Å². The summed E-state index contributed by atoms with van der Waals surface area (Å²) in [6, 6.07) is 34.3. The van der Waals surface area contributed by atoms with E-state index in [1.54, 1.807) is 6.20 Å². The zero-order valence-electron chi connectivity index (χ0n) is 20.2. The van der Waals surface area contributed by atoms with Crippen LogP contribution in [0.25, 0.3) is 44.7 Å². The van der Waals surface area contributed by atoms with Gasteiger partial charge in [0.2, 0.25) is 0 Å². The fourth-order valence-corrected chi connectivity index (χ4v) is 5.28. The molecule has 8 rings (SSSR count). The molecule has 0 spiro atoms. The number of nitrogens with zero attached hydrogens (tertiary/aromatic N) is 4. The lowest BCUT2D eigenvalue weighted by Crippen LogP contribution is -1.96. The minimum absolute atomic E-state index is 0.702. The number of fused-ring (bicyclic) bond motifs is 8. The molecule has 1 aliphatic rings. The number of imidazole rings is 1. The van der Waals surface area contributed by atoms with E-state index < -0.39 is 0 Å². The van der Waals surface area contributed by atoms with E-state index in [0.717, 1.165) is 56.6 Å². The van der Waals surface area contributed by atoms with Crippen LogP contribution in [0.3, 0.4) is 0 Å². The van der Waals surface area contributed by atoms with Crippen molar-refractivity contribution < 1.29 is 9.47 Å². The number of hydrogen-bond donors (Lipinski definition) is 0. The summed E-state index contributed by atoms with van der Waals surface area (Å²) >= 11 is 0. The Hall–Kier alpha value is -5.36. The van der Waals surface area contributed by atoms with Crippen LogP contribution in [-0.4, -0.2) is 19.1 Å². The summed E-state index contributed by atoms with van der Waals surface area (Å²) in [5.41, 5.74) is 3.96. The molecule has 0 amide bonds. The molecule has 1 aliphatic heterocycles. The number of aromatic nitrogens is 4. The lowest BCUT2D eigenvalue weighted by atomic mass is 10.1. The van der Waals surface area contributed by atoms with Gasteiger partial charge in [0.25, 0.3) is 0 Å². The predicted octanol–water partition coefficient (Wildman–Crippen LogP) is 7.93. The molecule has 0 bridgehead atoms. The normalized spacial score (nSPS) is 11.9. The average molecular weight is 493 g/mol. The fourth-order valence-electron chi connectivity index (χ4n) is 5.28. The van der Waals surface area contributed by atoms with Crippen LogP contribution in [0.1, 0.15) is 0 Å². The van der Waals surface area contributed by atoms with Crippen LogP contribution in [0, 0.1) is 0 Å². The standard InChI is InChI=1S/C32H20N4O2/c1-2-8-26-23(7-1)24-14-12-22(20-28(24)36(26)31-11-5-6-16-33-31)37-21-13-15-29-25(19-21)32-34-17-18-35(32)27-9-3-4-10-30(27)38-29/h1-20H. The number of para-hydroxylation sites is 3. The molecule has 6 heteroatoms. The zero-order chi connectivity index (χ0) is 25.1. The molecule has 0 fully saturated rings. The molecule has 0 aliphatic carbocycles. The average Bonchev–Trinajstić information content (AvgIpc) is 3.54.